The van der Waals surface area contributed by atoms with Crippen molar-refractivity contribution in [3.8, 4) is 0 Å². The topological polar surface area (TPSA) is 89.9 Å². The third-order valence-electron chi connectivity index (χ3n) is 2.85. The summed E-state index contributed by atoms with van der Waals surface area (Å²) >= 11 is 0. The predicted octanol–water partition coefficient (Wildman–Crippen LogP) is 0.755. The van der Waals surface area contributed by atoms with Gasteiger partial charge in [-0.2, -0.15) is 0 Å². The maximum Gasteiger partial charge on any atom is 0.317 e. The van der Waals surface area contributed by atoms with Gasteiger partial charge in [0.1, 0.15) is 0 Å². The van der Waals surface area contributed by atoms with Gasteiger partial charge in [0.25, 0.3) is 0 Å². The van der Waals surface area contributed by atoms with E-state index in [4.69, 9.17) is 10.2 Å². The van der Waals surface area contributed by atoms with Crippen LogP contribution >= 0.6 is 0 Å². The first-order valence-electron chi connectivity index (χ1n) is 6.13. The summed E-state index contributed by atoms with van der Waals surface area (Å²) in [7, 11) is 1.56. The molecule has 0 aliphatic carbocycles. The van der Waals surface area contributed by atoms with Crippen molar-refractivity contribution in [1.29, 1.82) is 0 Å². The fraction of sp³-hybridized carbons (Fsp3) is 0.833. The van der Waals surface area contributed by atoms with Gasteiger partial charge in [0.15, 0.2) is 0 Å². The fourth-order valence-corrected chi connectivity index (χ4v) is 1.50. The Morgan fingerprint density at radius 2 is 1.83 bits per heavy atom. The highest BCUT2D eigenvalue weighted by Gasteiger charge is 2.21. The molecule has 2 amide bonds. The normalized spacial score (nSPS) is 14.1. The molecular weight excluding hydrogens is 236 g/mol. The van der Waals surface area contributed by atoms with E-state index in [1.54, 1.807) is 14.0 Å². The maximum absolute atomic E-state index is 11.7. The highest BCUT2D eigenvalue weighted by atomic mass is 16.4. The molecule has 0 spiro atoms. The Hall–Kier alpha value is -1.30. The molecule has 0 aromatic rings. The van der Waals surface area contributed by atoms with Gasteiger partial charge in [-0.05, 0) is 19.3 Å². The van der Waals surface area contributed by atoms with Gasteiger partial charge in [-0.25, -0.2) is 4.79 Å². The van der Waals surface area contributed by atoms with Crippen LogP contribution in [0.4, 0.5) is 4.79 Å². The van der Waals surface area contributed by atoms with Crippen molar-refractivity contribution in [2.24, 2.45) is 11.8 Å². The Morgan fingerprint density at radius 3 is 2.22 bits per heavy atom. The molecular formula is C12H24N2O4. The third-order valence-corrected chi connectivity index (χ3v) is 2.85. The molecule has 0 saturated carbocycles. The van der Waals surface area contributed by atoms with Gasteiger partial charge in [-0.3, -0.25) is 4.79 Å². The number of carbonyl (C=O) groups excluding carboxylic acids is 1. The lowest BCUT2D eigenvalue weighted by Crippen LogP contribution is -2.46. The second-order valence-corrected chi connectivity index (χ2v) is 4.99. The van der Waals surface area contributed by atoms with E-state index in [0.29, 0.717) is 6.42 Å². The second-order valence-electron chi connectivity index (χ2n) is 4.99. The van der Waals surface area contributed by atoms with E-state index in [9.17, 15) is 9.59 Å². The molecule has 6 heteroatoms. The summed E-state index contributed by atoms with van der Waals surface area (Å²) in [6.45, 7) is 5.57. The number of likely N-dealkylation sites (N-methyl/N-ethyl adjacent to an activating group) is 1. The monoisotopic (exact) mass is 260 g/mol. The van der Waals surface area contributed by atoms with Crippen LogP contribution in [0.15, 0.2) is 0 Å². The van der Waals surface area contributed by atoms with Crippen LogP contribution in [0.1, 0.15) is 27.2 Å². The molecule has 0 aromatic heterocycles. The number of carbonyl (C=O) groups is 2. The molecule has 6 nitrogen and oxygen atoms in total. The molecule has 3 N–H and O–H groups in total. The van der Waals surface area contributed by atoms with E-state index in [2.05, 4.69) is 5.32 Å². The van der Waals surface area contributed by atoms with Gasteiger partial charge in [0.05, 0.1) is 18.6 Å². The number of aliphatic hydroxyl groups is 1. The summed E-state index contributed by atoms with van der Waals surface area (Å²) in [6, 6.07) is -0.662. The Morgan fingerprint density at radius 1 is 1.28 bits per heavy atom. The number of nitrogens with zero attached hydrogens (tertiary/aromatic N) is 1. The number of hydrogen-bond donors (Lipinski definition) is 3. The largest absolute Gasteiger partial charge is 0.481 e. The molecule has 2 unspecified atom stereocenters. The molecule has 106 valence electrons. The van der Waals surface area contributed by atoms with Gasteiger partial charge in [-0.15, -0.1) is 0 Å². The van der Waals surface area contributed by atoms with Crippen LogP contribution in [0.25, 0.3) is 0 Å². The lowest BCUT2D eigenvalue weighted by Gasteiger charge is -2.24. The van der Waals surface area contributed by atoms with Gasteiger partial charge >= 0.3 is 12.0 Å². The van der Waals surface area contributed by atoms with E-state index in [0.717, 1.165) is 0 Å². The maximum atomic E-state index is 11.7. The molecule has 0 aliphatic rings. The summed E-state index contributed by atoms with van der Waals surface area (Å²) in [6.07, 6.45) is 0.523. The highest BCUT2D eigenvalue weighted by Crippen LogP contribution is 2.11. The van der Waals surface area contributed by atoms with E-state index in [1.165, 1.54) is 4.90 Å². The van der Waals surface area contributed by atoms with Gasteiger partial charge < -0.3 is 20.4 Å². The molecule has 0 fully saturated rings. The Kier molecular flexibility index (Phi) is 7.35. The summed E-state index contributed by atoms with van der Waals surface area (Å²) in [5.74, 6) is -1.22. The van der Waals surface area contributed by atoms with Crippen molar-refractivity contribution >= 4 is 12.0 Å². The first-order valence-corrected chi connectivity index (χ1v) is 6.13. The van der Waals surface area contributed by atoms with Crippen molar-refractivity contribution in [2.45, 2.75) is 33.2 Å². The molecule has 18 heavy (non-hydrogen) atoms. The minimum absolute atomic E-state index is 0.106. The van der Waals surface area contributed by atoms with Crippen LogP contribution in [0.5, 0.6) is 0 Å². The molecule has 2 atom stereocenters. The molecule has 0 saturated heterocycles. The highest BCUT2D eigenvalue weighted by molar-refractivity contribution is 5.76. The fourth-order valence-electron chi connectivity index (χ4n) is 1.50. The molecule has 0 heterocycles. The standard InChI is InChI=1S/C12H24N2O4/c1-8(2)5-10(11(16)17)6-13-12(18)14(4)9(3)7-15/h8-10,15H,5-7H2,1-4H3,(H,13,18)(H,16,17). The Balaban J connectivity index is 4.27. The predicted molar refractivity (Wildman–Crippen MR) is 68.3 cm³/mol. The zero-order valence-electron chi connectivity index (χ0n) is 11.5. The van der Waals surface area contributed by atoms with Crippen LogP contribution < -0.4 is 5.32 Å². The molecule has 0 radical (unpaired) electrons. The number of carboxylic acid groups (broad SMARTS) is 1. The van der Waals surface area contributed by atoms with Gasteiger partial charge in [0, 0.05) is 13.6 Å². The van der Waals surface area contributed by atoms with Gasteiger partial charge in [0.2, 0.25) is 0 Å². The Labute approximate surface area is 108 Å². The Bertz CT molecular complexity index is 281. The zero-order valence-corrected chi connectivity index (χ0v) is 11.5. The number of nitrogens with one attached hydrogen (secondary N) is 1. The van der Waals surface area contributed by atoms with Crippen molar-refractivity contribution < 1.29 is 19.8 Å². The average molecular weight is 260 g/mol. The van der Waals surface area contributed by atoms with E-state index in [-0.39, 0.29) is 31.1 Å². The molecule has 0 aromatic carbocycles. The number of amides is 2. The lowest BCUT2D eigenvalue weighted by atomic mass is 9.97. The van der Waals surface area contributed by atoms with Crippen molar-refractivity contribution in [3.63, 3.8) is 0 Å². The lowest BCUT2D eigenvalue weighted by molar-refractivity contribution is -0.142. The SMILES string of the molecule is CC(C)CC(CNC(=O)N(C)C(C)CO)C(=O)O. The van der Waals surface area contributed by atoms with Crippen molar-refractivity contribution in [1.82, 2.24) is 10.2 Å². The third kappa shape index (κ3) is 5.86. The van der Waals surface area contributed by atoms with E-state index >= 15 is 0 Å². The number of carboxylic acids is 1. The van der Waals surface area contributed by atoms with Crippen LogP contribution in [0.2, 0.25) is 0 Å². The number of aliphatic hydroxyl groups excluding tert-OH is 1. The van der Waals surface area contributed by atoms with E-state index < -0.39 is 11.9 Å². The summed E-state index contributed by atoms with van der Waals surface area (Å²) in [5, 5.41) is 20.5. The quantitative estimate of drug-likeness (QED) is 0.630. The minimum atomic E-state index is -0.901. The van der Waals surface area contributed by atoms with Crippen LogP contribution in [0.3, 0.4) is 0 Å². The number of hydrogen-bond acceptors (Lipinski definition) is 3. The summed E-state index contributed by atoms with van der Waals surface area (Å²) < 4.78 is 0. The van der Waals surface area contributed by atoms with E-state index in [1.807, 2.05) is 13.8 Å². The van der Waals surface area contributed by atoms with Gasteiger partial charge in [-0.1, -0.05) is 13.8 Å². The first-order chi connectivity index (χ1) is 8.29. The zero-order chi connectivity index (χ0) is 14.3. The average Bonchev–Trinajstić information content (AvgIpc) is 2.31. The van der Waals surface area contributed by atoms with Crippen LogP contribution in [-0.2, 0) is 4.79 Å². The molecule has 0 bridgehead atoms. The molecule has 0 aliphatic heterocycles. The van der Waals surface area contributed by atoms with Crippen LogP contribution in [0, 0.1) is 11.8 Å². The summed E-state index contributed by atoms with van der Waals surface area (Å²) in [5.41, 5.74) is 0. The minimum Gasteiger partial charge on any atom is -0.481 e. The van der Waals surface area contributed by atoms with Crippen molar-refractivity contribution in [2.75, 3.05) is 20.2 Å². The smallest absolute Gasteiger partial charge is 0.317 e. The van der Waals surface area contributed by atoms with Crippen LogP contribution in [-0.4, -0.2) is 53.4 Å². The van der Waals surface area contributed by atoms with Crippen molar-refractivity contribution in [3.05, 3.63) is 0 Å². The number of rotatable bonds is 7. The summed E-state index contributed by atoms with van der Waals surface area (Å²) in [4.78, 5) is 24.0. The second kappa shape index (κ2) is 7.92. The number of aliphatic carboxylic acids is 1. The number of urea groups is 1. The molecule has 0 rings (SSSR count). The first kappa shape index (κ1) is 16.7.